The number of esters is 1. The fourth-order valence-corrected chi connectivity index (χ4v) is 2.68. The molecule has 0 heterocycles. The van der Waals surface area contributed by atoms with Gasteiger partial charge in [-0.2, -0.15) is 0 Å². The molecule has 2 rings (SSSR count). The van der Waals surface area contributed by atoms with Crippen LogP contribution in [0.3, 0.4) is 0 Å². The van der Waals surface area contributed by atoms with Gasteiger partial charge < -0.3 is 4.74 Å². The van der Waals surface area contributed by atoms with Crippen molar-refractivity contribution in [3.05, 3.63) is 35.1 Å². The highest BCUT2D eigenvalue weighted by molar-refractivity contribution is 5.84. The minimum Gasteiger partial charge on any atom is -0.464 e. The average molecular weight is 251 g/mol. The highest BCUT2D eigenvalue weighted by Gasteiger charge is 2.46. The van der Waals surface area contributed by atoms with Crippen molar-refractivity contribution in [2.45, 2.75) is 32.2 Å². The third-order valence-electron chi connectivity index (χ3n) is 3.43. The first-order chi connectivity index (χ1) is 8.65. The van der Waals surface area contributed by atoms with E-state index in [1.807, 2.05) is 13.0 Å². The van der Waals surface area contributed by atoms with Crippen LogP contribution in [0.4, 0.5) is 4.39 Å². The molecule has 4 heteroatoms. The van der Waals surface area contributed by atoms with E-state index >= 15 is 0 Å². The second-order valence-corrected chi connectivity index (χ2v) is 4.42. The summed E-state index contributed by atoms with van der Waals surface area (Å²) in [5, 5.41) is 3.18. The van der Waals surface area contributed by atoms with Gasteiger partial charge in [0, 0.05) is 0 Å². The Balaban J connectivity index is 2.46. The summed E-state index contributed by atoms with van der Waals surface area (Å²) < 4.78 is 18.9. The lowest BCUT2D eigenvalue weighted by atomic mass is 9.91. The standard InChI is InChI=1S/C14H18FNO2/c1-3-16-14(13(17)18-4-2)9-8-10-11(14)6-5-7-12(10)15/h5-7,16H,3-4,8-9H2,1-2H3. The van der Waals surface area contributed by atoms with Gasteiger partial charge in [0.2, 0.25) is 0 Å². The smallest absolute Gasteiger partial charge is 0.331 e. The number of hydrogen-bond acceptors (Lipinski definition) is 3. The zero-order chi connectivity index (χ0) is 13.2. The SMILES string of the molecule is CCNC1(C(=O)OCC)CCc2c(F)cccc21. The predicted molar refractivity (Wildman–Crippen MR) is 66.7 cm³/mol. The average Bonchev–Trinajstić information content (AvgIpc) is 2.72. The molecule has 0 aromatic heterocycles. The summed E-state index contributed by atoms with van der Waals surface area (Å²) in [4.78, 5) is 12.2. The van der Waals surface area contributed by atoms with E-state index in [-0.39, 0.29) is 11.8 Å². The molecule has 0 saturated heterocycles. The minimum absolute atomic E-state index is 0.239. The van der Waals surface area contributed by atoms with E-state index < -0.39 is 5.54 Å². The Morgan fingerprint density at radius 3 is 2.94 bits per heavy atom. The lowest BCUT2D eigenvalue weighted by Gasteiger charge is -2.28. The van der Waals surface area contributed by atoms with Crippen LogP contribution >= 0.6 is 0 Å². The Hall–Kier alpha value is -1.42. The number of benzene rings is 1. The van der Waals surface area contributed by atoms with Gasteiger partial charge in [-0.15, -0.1) is 0 Å². The zero-order valence-corrected chi connectivity index (χ0v) is 10.8. The van der Waals surface area contributed by atoms with Gasteiger partial charge in [0.15, 0.2) is 0 Å². The van der Waals surface area contributed by atoms with Crippen molar-refractivity contribution in [3.8, 4) is 0 Å². The van der Waals surface area contributed by atoms with Gasteiger partial charge in [0.05, 0.1) is 6.61 Å². The highest BCUT2D eigenvalue weighted by Crippen LogP contribution is 2.39. The van der Waals surface area contributed by atoms with Gasteiger partial charge in [-0.05, 0) is 43.5 Å². The Bertz CT molecular complexity index is 461. The summed E-state index contributed by atoms with van der Waals surface area (Å²) in [6.45, 7) is 4.67. The molecule has 1 atom stereocenters. The predicted octanol–water partition coefficient (Wildman–Crippen LogP) is 2.14. The molecule has 18 heavy (non-hydrogen) atoms. The van der Waals surface area contributed by atoms with E-state index in [4.69, 9.17) is 4.74 Å². The molecule has 0 aliphatic heterocycles. The van der Waals surface area contributed by atoms with Crippen molar-refractivity contribution >= 4 is 5.97 Å². The van der Waals surface area contributed by atoms with Crippen LogP contribution in [0.5, 0.6) is 0 Å². The fourth-order valence-electron chi connectivity index (χ4n) is 2.68. The van der Waals surface area contributed by atoms with Gasteiger partial charge >= 0.3 is 5.97 Å². The van der Waals surface area contributed by atoms with Crippen LogP contribution in [0.15, 0.2) is 18.2 Å². The summed E-state index contributed by atoms with van der Waals surface area (Å²) in [5.41, 5.74) is 0.483. The Morgan fingerprint density at radius 1 is 1.50 bits per heavy atom. The van der Waals surface area contributed by atoms with Crippen LogP contribution in [0.2, 0.25) is 0 Å². The van der Waals surface area contributed by atoms with Gasteiger partial charge in [-0.1, -0.05) is 19.1 Å². The molecule has 1 aromatic rings. The molecule has 0 amide bonds. The second-order valence-electron chi connectivity index (χ2n) is 4.42. The van der Waals surface area contributed by atoms with Crippen LogP contribution in [0.1, 0.15) is 31.4 Å². The molecule has 1 aromatic carbocycles. The normalized spacial score (nSPS) is 21.7. The Kier molecular flexibility index (Phi) is 3.66. The molecule has 3 nitrogen and oxygen atoms in total. The van der Waals surface area contributed by atoms with E-state index in [1.165, 1.54) is 6.07 Å². The third-order valence-corrected chi connectivity index (χ3v) is 3.43. The monoisotopic (exact) mass is 251 g/mol. The number of likely N-dealkylation sites (N-methyl/N-ethyl adjacent to an activating group) is 1. The second kappa shape index (κ2) is 5.06. The maximum atomic E-state index is 13.7. The quantitative estimate of drug-likeness (QED) is 0.833. The summed E-state index contributed by atoms with van der Waals surface area (Å²) in [6, 6.07) is 4.89. The molecule has 0 bridgehead atoms. The summed E-state index contributed by atoms with van der Waals surface area (Å²) in [7, 11) is 0. The molecule has 1 unspecified atom stereocenters. The van der Waals surface area contributed by atoms with Crippen molar-refractivity contribution in [1.29, 1.82) is 0 Å². The van der Waals surface area contributed by atoms with Gasteiger partial charge in [-0.25, -0.2) is 9.18 Å². The number of nitrogens with one attached hydrogen (secondary N) is 1. The molecule has 1 N–H and O–H groups in total. The third kappa shape index (κ3) is 1.90. The van der Waals surface area contributed by atoms with Crippen LogP contribution in [-0.4, -0.2) is 19.1 Å². The van der Waals surface area contributed by atoms with E-state index in [0.717, 1.165) is 5.56 Å². The molecule has 0 spiro atoms. The van der Waals surface area contributed by atoms with Crippen LogP contribution in [0, 0.1) is 5.82 Å². The lowest BCUT2D eigenvalue weighted by molar-refractivity contribution is -0.151. The zero-order valence-electron chi connectivity index (χ0n) is 10.8. The van der Waals surface area contributed by atoms with Crippen LogP contribution in [-0.2, 0) is 21.5 Å². The first-order valence-electron chi connectivity index (χ1n) is 6.35. The first-order valence-corrected chi connectivity index (χ1v) is 6.35. The van der Waals surface area contributed by atoms with E-state index in [0.29, 0.717) is 31.6 Å². The van der Waals surface area contributed by atoms with Gasteiger partial charge in [0.25, 0.3) is 0 Å². The lowest BCUT2D eigenvalue weighted by Crippen LogP contribution is -2.48. The number of carbonyl (C=O) groups excluding carboxylic acids is 1. The van der Waals surface area contributed by atoms with Gasteiger partial charge in [-0.3, -0.25) is 5.32 Å². The Labute approximate surface area is 106 Å². The van der Waals surface area contributed by atoms with Crippen LogP contribution in [0.25, 0.3) is 0 Å². The molecule has 0 radical (unpaired) electrons. The number of rotatable bonds is 4. The largest absolute Gasteiger partial charge is 0.464 e. The van der Waals surface area contributed by atoms with E-state index in [1.54, 1.807) is 13.0 Å². The van der Waals surface area contributed by atoms with Crippen molar-refractivity contribution in [2.75, 3.05) is 13.2 Å². The molecular weight excluding hydrogens is 233 g/mol. The fraction of sp³-hybridized carbons (Fsp3) is 0.500. The minimum atomic E-state index is -0.873. The van der Waals surface area contributed by atoms with Crippen molar-refractivity contribution < 1.29 is 13.9 Å². The summed E-state index contributed by atoms with van der Waals surface area (Å²) in [5.74, 6) is -0.548. The number of ether oxygens (including phenoxy) is 1. The molecule has 0 fully saturated rings. The number of hydrogen-bond donors (Lipinski definition) is 1. The maximum Gasteiger partial charge on any atom is 0.331 e. The summed E-state index contributed by atoms with van der Waals surface area (Å²) in [6.07, 6.45) is 1.11. The topological polar surface area (TPSA) is 38.3 Å². The molecule has 1 aliphatic rings. The van der Waals surface area contributed by atoms with E-state index in [9.17, 15) is 9.18 Å². The van der Waals surface area contributed by atoms with Crippen molar-refractivity contribution in [1.82, 2.24) is 5.32 Å². The highest BCUT2D eigenvalue weighted by atomic mass is 19.1. The van der Waals surface area contributed by atoms with E-state index in [2.05, 4.69) is 5.32 Å². The van der Waals surface area contributed by atoms with Crippen LogP contribution < -0.4 is 5.32 Å². The maximum absolute atomic E-state index is 13.7. The Morgan fingerprint density at radius 2 is 2.28 bits per heavy atom. The molecule has 1 aliphatic carbocycles. The first kappa shape index (κ1) is 13.0. The number of halogens is 1. The summed E-state index contributed by atoms with van der Waals surface area (Å²) >= 11 is 0. The molecule has 0 saturated carbocycles. The van der Waals surface area contributed by atoms with Gasteiger partial charge in [0.1, 0.15) is 11.4 Å². The number of fused-ring (bicyclic) bond motifs is 1. The molecular formula is C14H18FNO2. The molecule has 98 valence electrons. The van der Waals surface area contributed by atoms with Crippen molar-refractivity contribution in [2.24, 2.45) is 0 Å². The van der Waals surface area contributed by atoms with Crippen molar-refractivity contribution in [3.63, 3.8) is 0 Å². The number of carbonyl (C=O) groups is 1.